The summed E-state index contributed by atoms with van der Waals surface area (Å²) in [6.07, 6.45) is -1.53. The molecule has 3 atom stereocenters. The van der Waals surface area contributed by atoms with Crippen molar-refractivity contribution in [1.82, 2.24) is 5.06 Å². The summed E-state index contributed by atoms with van der Waals surface area (Å²) in [7, 11) is 0. The molecule has 2 rings (SSSR count). The molecule has 1 heterocycles. The van der Waals surface area contributed by atoms with Gasteiger partial charge in [-0.05, 0) is 12.5 Å². The zero-order valence-corrected chi connectivity index (χ0v) is 10.4. The van der Waals surface area contributed by atoms with Gasteiger partial charge in [0.15, 0.2) is 6.29 Å². The summed E-state index contributed by atoms with van der Waals surface area (Å²) in [5.41, 5.74) is 0.909. The fourth-order valence-corrected chi connectivity index (χ4v) is 1.75. The van der Waals surface area contributed by atoms with Crippen LogP contribution in [0.2, 0.25) is 0 Å². The first-order chi connectivity index (χ1) is 8.59. The SMILES string of the molecule is CC1C(O)ON(C(=O)OCc2ccccc2)C1C. The molecule has 1 N–H and O–H groups in total. The third-order valence-corrected chi connectivity index (χ3v) is 3.19. The van der Waals surface area contributed by atoms with E-state index in [9.17, 15) is 9.90 Å². The van der Waals surface area contributed by atoms with Gasteiger partial charge in [0.25, 0.3) is 0 Å². The maximum Gasteiger partial charge on any atom is 0.434 e. The number of aliphatic hydroxyl groups excluding tert-OH is 1. The van der Waals surface area contributed by atoms with Crippen molar-refractivity contribution in [2.75, 3.05) is 0 Å². The lowest BCUT2D eigenvalue weighted by Crippen LogP contribution is -2.34. The molecule has 5 nitrogen and oxygen atoms in total. The van der Waals surface area contributed by atoms with Crippen LogP contribution in [0.4, 0.5) is 4.79 Å². The van der Waals surface area contributed by atoms with E-state index in [4.69, 9.17) is 9.57 Å². The van der Waals surface area contributed by atoms with Gasteiger partial charge in [-0.2, -0.15) is 5.06 Å². The van der Waals surface area contributed by atoms with Crippen LogP contribution >= 0.6 is 0 Å². The summed E-state index contributed by atoms with van der Waals surface area (Å²) in [6.45, 7) is 3.82. The van der Waals surface area contributed by atoms with Crippen LogP contribution in [0.5, 0.6) is 0 Å². The van der Waals surface area contributed by atoms with Gasteiger partial charge in [-0.3, -0.25) is 0 Å². The van der Waals surface area contributed by atoms with E-state index in [1.807, 2.05) is 44.2 Å². The number of hydrogen-bond acceptors (Lipinski definition) is 4. The molecule has 1 aromatic carbocycles. The van der Waals surface area contributed by atoms with Crippen molar-refractivity contribution in [2.24, 2.45) is 5.92 Å². The minimum atomic E-state index is -0.954. The fraction of sp³-hybridized carbons (Fsp3) is 0.462. The lowest BCUT2D eigenvalue weighted by Gasteiger charge is -2.19. The Hall–Kier alpha value is -1.59. The quantitative estimate of drug-likeness (QED) is 0.872. The van der Waals surface area contributed by atoms with Crippen LogP contribution in [0.3, 0.4) is 0 Å². The Morgan fingerprint density at radius 3 is 2.61 bits per heavy atom. The van der Waals surface area contributed by atoms with Gasteiger partial charge >= 0.3 is 6.09 Å². The van der Waals surface area contributed by atoms with E-state index in [0.717, 1.165) is 10.6 Å². The Kier molecular flexibility index (Phi) is 3.84. The smallest absolute Gasteiger partial charge is 0.434 e. The lowest BCUT2D eigenvalue weighted by atomic mass is 10.1. The lowest BCUT2D eigenvalue weighted by molar-refractivity contribution is -0.205. The second-order valence-electron chi connectivity index (χ2n) is 4.46. The fourth-order valence-electron chi connectivity index (χ4n) is 1.75. The van der Waals surface area contributed by atoms with Gasteiger partial charge in [0.2, 0.25) is 0 Å². The second-order valence-corrected chi connectivity index (χ2v) is 4.46. The largest absolute Gasteiger partial charge is 0.443 e. The molecule has 0 spiro atoms. The standard InChI is InChI=1S/C13H17NO4/c1-9-10(2)14(18-12(9)15)13(16)17-8-11-6-4-3-5-7-11/h3-7,9-10,12,15H,8H2,1-2H3. The highest BCUT2D eigenvalue weighted by atomic mass is 16.8. The molecule has 1 saturated heterocycles. The molecule has 3 unspecified atom stereocenters. The van der Waals surface area contributed by atoms with Gasteiger partial charge in [-0.15, -0.1) is 0 Å². The zero-order valence-electron chi connectivity index (χ0n) is 10.4. The van der Waals surface area contributed by atoms with Crippen LogP contribution in [0.25, 0.3) is 0 Å². The average molecular weight is 251 g/mol. The molecule has 0 bridgehead atoms. The Morgan fingerprint density at radius 2 is 2.06 bits per heavy atom. The van der Waals surface area contributed by atoms with E-state index >= 15 is 0 Å². The summed E-state index contributed by atoms with van der Waals surface area (Å²) in [4.78, 5) is 16.8. The normalized spacial score (nSPS) is 27.3. The molecule has 1 aliphatic heterocycles. The number of amides is 1. The summed E-state index contributed by atoms with van der Waals surface area (Å²) in [6, 6.07) is 9.20. The number of carbonyl (C=O) groups excluding carboxylic acids is 1. The number of ether oxygens (including phenoxy) is 1. The second kappa shape index (κ2) is 5.37. The number of rotatable bonds is 2. The van der Waals surface area contributed by atoms with E-state index in [2.05, 4.69) is 0 Å². The van der Waals surface area contributed by atoms with Crippen molar-refractivity contribution < 1.29 is 19.5 Å². The first-order valence-corrected chi connectivity index (χ1v) is 5.94. The highest BCUT2D eigenvalue weighted by molar-refractivity contribution is 5.67. The van der Waals surface area contributed by atoms with Gasteiger partial charge in [0, 0.05) is 5.92 Å². The summed E-state index contributed by atoms with van der Waals surface area (Å²) in [5.74, 6) is -0.130. The van der Waals surface area contributed by atoms with Crippen molar-refractivity contribution in [2.45, 2.75) is 32.8 Å². The first-order valence-electron chi connectivity index (χ1n) is 5.94. The number of nitrogens with zero attached hydrogens (tertiary/aromatic N) is 1. The molecular weight excluding hydrogens is 234 g/mol. The van der Waals surface area contributed by atoms with Crippen molar-refractivity contribution in [1.29, 1.82) is 0 Å². The first kappa shape index (κ1) is 12.9. The molecule has 0 radical (unpaired) electrons. The molecule has 98 valence electrons. The van der Waals surface area contributed by atoms with Crippen LogP contribution in [-0.2, 0) is 16.2 Å². The molecule has 5 heteroatoms. The minimum Gasteiger partial charge on any atom is -0.443 e. The van der Waals surface area contributed by atoms with Gasteiger partial charge in [0.05, 0.1) is 6.04 Å². The van der Waals surface area contributed by atoms with Crippen molar-refractivity contribution in [3.63, 3.8) is 0 Å². The van der Waals surface area contributed by atoms with E-state index in [1.165, 1.54) is 0 Å². The Labute approximate surface area is 106 Å². The molecule has 0 aliphatic carbocycles. The van der Waals surface area contributed by atoms with Crippen LogP contribution < -0.4 is 0 Å². The van der Waals surface area contributed by atoms with Gasteiger partial charge < -0.3 is 9.84 Å². The number of aliphatic hydroxyl groups is 1. The molecule has 0 saturated carbocycles. The number of carbonyl (C=O) groups is 1. The Balaban J connectivity index is 1.89. The molecule has 0 aromatic heterocycles. The van der Waals surface area contributed by atoms with E-state index in [-0.39, 0.29) is 18.6 Å². The molecule has 18 heavy (non-hydrogen) atoms. The third kappa shape index (κ3) is 2.63. The molecule has 1 aliphatic rings. The van der Waals surface area contributed by atoms with Crippen molar-refractivity contribution >= 4 is 6.09 Å². The van der Waals surface area contributed by atoms with Crippen molar-refractivity contribution in [3.8, 4) is 0 Å². The van der Waals surface area contributed by atoms with Crippen molar-refractivity contribution in [3.05, 3.63) is 35.9 Å². The maximum absolute atomic E-state index is 11.8. The maximum atomic E-state index is 11.8. The van der Waals surface area contributed by atoms with Crippen LogP contribution in [-0.4, -0.2) is 28.6 Å². The van der Waals surface area contributed by atoms with E-state index in [1.54, 1.807) is 0 Å². The van der Waals surface area contributed by atoms with Gasteiger partial charge in [-0.25, -0.2) is 9.63 Å². The highest BCUT2D eigenvalue weighted by Gasteiger charge is 2.40. The number of hydrogen-bond donors (Lipinski definition) is 1. The molecule has 1 aromatic rings. The Morgan fingerprint density at radius 1 is 1.39 bits per heavy atom. The molecular formula is C13H17NO4. The monoisotopic (exact) mass is 251 g/mol. The average Bonchev–Trinajstić information content (AvgIpc) is 2.65. The predicted molar refractivity (Wildman–Crippen MR) is 64.2 cm³/mol. The zero-order chi connectivity index (χ0) is 13.1. The third-order valence-electron chi connectivity index (χ3n) is 3.19. The minimum absolute atomic E-state index is 0.130. The van der Waals surface area contributed by atoms with Crippen LogP contribution in [0.15, 0.2) is 30.3 Å². The van der Waals surface area contributed by atoms with Gasteiger partial charge in [-0.1, -0.05) is 37.3 Å². The van der Waals surface area contributed by atoms with E-state index in [0.29, 0.717) is 0 Å². The topological polar surface area (TPSA) is 59.0 Å². The summed E-state index contributed by atoms with van der Waals surface area (Å²) < 4.78 is 5.13. The number of benzene rings is 1. The highest BCUT2D eigenvalue weighted by Crippen LogP contribution is 2.26. The van der Waals surface area contributed by atoms with E-state index < -0.39 is 12.4 Å². The van der Waals surface area contributed by atoms with Crippen LogP contribution in [0.1, 0.15) is 19.4 Å². The number of hydroxylamine groups is 2. The molecule has 1 amide bonds. The summed E-state index contributed by atoms with van der Waals surface area (Å²) in [5, 5.41) is 10.6. The van der Waals surface area contributed by atoms with Crippen LogP contribution in [0, 0.1) is 5.92 Å². The van der Waals surface area contributed by atoms with Gasteiger partial charge in [0.1, 0.15) is 6.61 Å². The Bertz CT molecular complexity index is 409. The predicted octanol–water partition coefficient (Wildman–Crippen LogP) is 1.91. The summed E-state index contributed by atoms with van der Waals surface area (Å²) >= 11 is 0. The molecule has 1 fully saturated rings.